The smallest absolute Gasteiger partial charge is 0.0578 e. The van der Waals surface area contributed by atoms with Crippen LogP contribution in [-0.4, -0.2) is 11.2 Å². The van der Waals surface area contributed by atoms with E-state index in [2.05, 4.69) is 12.1 Å². The molecule has 0 saturated carbocycles. The van der Waals surface area contributed by atoms with E-state index in [9.17, 15) is 5.11 Å². The fraction of sp³-hybridized carbons (Fsp3) is 0.333. The van der Waals surface area contributed by atoms with Gasteiger partial charge in [0.15, 0.2) is 0 Å². The van der Waals surface area contributed by atoms with Crippen molar-refractivity contribution in [3.8, 4) is 0 Å². The molecule has 0 aromatic heterocycles. The van der Waals surface area contributed by atoms with Crippen molar-refractivity contribution in [2.75, 3.05) is 0 Å². The van der Waals surface area contributed by atoms with E-state index in [1.807, 2.05) is 18.2 Å². The minimum absolute atomic E-state index is 0.287. The fourth-order valence-electron chi connectivity index (χ4n) is 1.30. The van der Waals surface area contributed by atoms with Crippen LogP contribution in [0.4, 0.5) is 0 Å². The Morgan fingerprint density at radius 1 is 1.29 bits per heavy atom. The quantitative estimate of drug-likeness (QED) is 0.792. The van der Waals surface area contributed by atoms with Gasteiger partial charge in [0.25, 0.3) is 0 Å². The number of aliphatic hydroxyl groups excluding tert-OH is 1. The van der Waals surface area contributed by atoms with Crippen LogP contribution in [0.2, 0.25) is 0 Å². The zero-order valence-corrected chi connectivity index (χ0v) is 8.82. The van der Waals surface area contributed by atoms with Crippen molar-refractivity contribution in [3.05, 3.63) is 47.5 Å². The van der Waals surface area contributed by atoms with Gasteiger partial charge in [-0.25, -0.2) is 0 Å². The summed E-state index contributed by atoms with van der Waals surface area (Å²) in [5.74, 6) is 0. The van der Waals surface area contributed by atoms with Crippen LogP contribution in [0.25, 0.3) is 0 Å². The van der Waals surface area contributed by atoms with Crippen LogP contribution in [0, 0.1) is 0 Å². The molecule has 76 valence electrons. The van der Waals surface area contributed by atoms with Crippen LogP contribution < -0.4 is 0 Å². The van der Waals surface area contributed by atoms with Crippen molar-refractivity contribution in [2.24, 2.45) is 0 Å². The Morgan fingerprint density at radius 2 is 2.00 bits per heavy atom. The third kappa shape index (κ3) is 4.45. The highest BCUT2D eigenvalue weighted by Gasteiger charge is 2.01. The Kier molecular flexibility index (Phi) is 5.35. The first-order chi connectivity index (χ1) is 6.83. The molecule has 0 aliphatic rings. The van der Waals surface area contributed by atoms with Crippen molar-refractivity contribution in [3.63, 3.8) is 0 Å². The maximum absolute atomic E-state index is 9.53. The number of hydrogen-bond acceptors (Lipinski definition) is 1. The summed E-state index contributed by atoms with van der Waals surface area (Å²) in [5.41, 5.74) is 2.72. The highest BCUT2D eigenvalue weighted by molar-refractivity contribution is 6.25. The highest BCUT2D eigenvalue weighted by Crippen LogP contribution is 2.07. The molecule has 1 rings (SSSR count). The lowest BCUT2D eigenvalue weighted by molar-refractivity contribution is 0.168. The van der Waals surface area contributed by atoms with E-state index in [0.29, 0.717) is 6.42 Å². The number of halogens is 1. The molecule has 14 heavy (non-hydrogen) atoms. The monoisotopic (exact) mass is 210 g/mol. The summed E-state index contributed by atoms with van der Waals surface area (Å²) in [6, 6.07) is 10.2. The van der Waals surface area contributed by atoms with Gasteiger partial charge in [0, 0.05) is 5.54 Å². The van der Waals surface area contributed by atoms with E-state index in [1.165, 1.54) is 11.1 Å². The zero-order valence-electron chi connectivity index (χ0n) is 8.07. The molecule has 0 spiro atoms. The third-order valence-electron chi connectivity index (χ3n) is 2.11. The Morgan fingerprint density at radius 3 is 2.64 bits per heavy atom. The topological polar surface area (TPSA) is 20.2 Å². The molecule has 0 aliphatic heterocycles. The molecule has 1 aromatic carbocycles. The minimum Gasteiger partial charge on any atom is -0.393 e. The zero-order chi connectivity index (χ0) is 10.2. The Balaban J connectivity index is 2.27. The van der Waals surface area contributed by atoms with Crippen LogP contribution >= 0.6 is 11.6 Å². The first-order valence-corrected chi connectivity index (χ1v) is 5.24. The Labute approximate surface area is 90.0 Å². The average Bonchev–Trinajstić information content (AvgIpc) is 2.25. The predicted molar refractivity (Wildman–Crippen MR) is 60.4 cm³/mol. The van der Waals surface area contributed by atoms with Gasteiger partial charge in [0.2, 0.25) is 0 Å². The SMILES string of the molecule is O[C@H](C/C=C/Cl)CCc1ccccc1. The third-order valence-corrected chi connectivity index (χ3v) is 2.28. The van der Waals surface area contributed by atoms with E-state index in [4.69, 9.17) is 11.6 Å². The molecular weight excluding hydrogens is 196 g/mol. The number of benzene rings is 1. The van der Waals surface area contributed by atoms with Gasteiger partial charge < -0.3 is 5.11 Å². The average molecular weight is 211 g/mol. The summed E-state index contributed by atoms with van der Waals surface area (Å²) >= 11 is 5.37. The standard InChI is InChI=1S/C12H15ClO/c13-10-4-7-12(14)9-8-11-5-2-1-3-6-11/h1-6,10,12,14H,7-9H2/b10-4+/t12-/m1/s1. The second-order valence-corrected chi connectivity index (χ2v) is 3.53. The molecule has 0 fully saturated rings. The van der Waals surface area contributed by atoms with Crippen LogP contribution in [0.5, 0.6) is 0 Å². The van der Waals surface area contributed by atoms with Crippen LogP contribution in [-0.2, 0) is 6.42 Å². The van der Waals surface area contributed by atoms with Gasteiger partial charge in [-0.3, -0.25) is 0 Å². The summed E-state index contributed by atoms with van der Waals surface area (Å²) in [5, 5.41) is 9.53. The van der Waals surface area contributed by atoms with E-state index >= 15 is 0 Å². The lowest BCUT2D eigenvalue weighted by atomic mass is 10.1. The van der Waals surface area contributed by atoms with Gasteiger partial charge >= 0.3 is 0 Å². The molecule has 1 N–H and O–H groups in total. The van der Waals surface area contributed by atoms with Gasteiger partial charge in [-0.15, -0.1) is 0 Å². The van der Waals surface area contributed by atoms with Crippen LogP contribution in [0.3, 0.4) is 0 Å². The summed E-state index contributed by atoms with van der Waals surface area (Å²) in [7, 11) is 0. The van der Waals surface area contributed by atoms with Crippen molar-refractivity contribution < 1.29 is 5.11 Å². The van der Waals surface area contributed by atoms with Crippen molar-refractivity contribution in [1.82, 2.24) is 0 Å². The first kappa shape index (κ1) is 11.3. The molecule has 0 heterocycles. The minimum atomic E-state index is -0.287. The fourth-order valence-corrected chi connectivity index (χ4v) is 1.41. The number of aryl methyl sites for hydroxylation is 1. The molecule has 0 saturated heterocycles. The Hall–Kier alpha value is -0.790. The maximum Gasteiger partial charge on any atom is 0.0578 e. The lowest BCUT2D eigenvalue weighted by Gasteiger charge is -2.07. The Bertz CT molecular complexity index is 269. The number of rotatable bonds is 5. The van der Waals surface area contributed by atoms with Gasteiger partial charge in [-0.05, 0) is 24.8 Å². The molecule has 1 aromatic rings. The van der Waals surface area contributed by atoms with Crippen molar-refractivity contribution in [2.45, 2.75) is 25.4 Å². The highest BCUT2D eigenvalue weighted by atomic mass is 35.5. The molecule has 0 aliphatic carbocycles. The van der Waals surface area contributed by atoms with E-state index in [1.54, 1.807) is 6.08 Å². The first-order valence-electron chi connectivity index (χ1n) is 4.80. The second-order valence-electron chi connectivity index (χ2n) is 3.28. The van der Waals surface area contributed by atoms with E-state index in [0.717, 1.165) is 12.8 Å². The van der Waals surface area contributed by atoms with E-state index in [-0.39, 0.29) is 6.10 Å². The van der Waals surface area contributed by atoms with Crippen LogP contribution in [0.15, 0.2) is 41.9 Å². The molecule has 0 radical (unpaired) electrons. The maximum atomic E-state index is 9.53. The van der Waals surface area contributed by atoms with Gasteiger partial charge in [0.05, 0.1) is 6.10 Å². The summed E-state index contributed by atoms with van der Waals surface area (Å²) < 4.78 is 0. The van der Waals surface area contributed by atoms with E-state index < -0.39 is 0 Å². The van der Waals surface area contributed by atoms with Gasteiger partial charge in [0.1, 0.15) is 0 Å². The molecular formula is C12H15ClO. The molecule has 1 nitrogen and oxygen atoms in total. The molecule has 2 heteroatoms. The van der Waals surface area contributed by atoms with Gasteiger partial charge in [-0.1, -0.05) is 48.0 Å². The second kappa shape index (κ2) is 6.63. The van der Waals surface area contributed by atoms with Crippen molar-refractivity contribution >= 4 is 11.6 Å². The largest absolute Gasteiger partial charge is 0.393 e. The summed E-state index contributed by atoms with van der Waals surface area (Å²) in [6.07, 6.45) is 3.82. The lowest BCUT2D eigenvalue weighted by Crippen LogP contribution is -2.06. The number of hydrogen-bond donors (Lipinski definition) is 1. The predicted octanol–water partition coefficient (Wildman–Crippen LogP) is 3.12. The normalized spacial score (nSPS) is 13.3. The summed E-state index contributed by atoms with van der Waals surface area (Å²) in [4.78, 5) is 0. The summed E-state index contributed by atoms with van der Waals surface area (Å²) in [6.45, 7) is 0. The molecule has 0 amide bonds. The van der Waals surface area contributed by atoms with Crippen LogP contribution in [0.1, 0.15) is 18.4 Å². The molecule has 0 bridgehead atoms. The van der Waals surface area contributed by atoms with Gasteiger partial charge in [-0.2, -0.15) is 0 Å². The molecule has 1 atom stereocenters. The molecule has 0 unspecified atom stereocenters. The number of aliphatic hydroxyl groups is 1. The van der Waals surface area contributed by atoms with Crippen molar-refractivity contribution in [1.29, 1.82) is 0 Å².